The van der Waals surface area contributed by atoms with Crippen LogP contribution < -0.4 is 5.32 Å². The summed E-state index contributed by atoms with van der Waals surface area (Å²) in [5.74, 6) is 0. The van der Waals surface area contributed by atoms with Gasteiger partial charge in [0.05, 0.1) is 11.4 Å². The topological polar surface area (TPSA) is 59.4 Å². The number of anilines is 1. The summed E-state index contributed by atoms with van der Waals surface area (Å²) >= 11 is 0. The molecule has 0 aliphatic carbocycles. The molecule has 2 heterocycles. The first-order chi connectivity index (χ1) is 10.8. The summed E-state index contributed by atoms with van der Waals surface area (Å²) in [4.78, 5) is 14.0. The highest BCUT2D eigenvalue weighted by Gasteiger charge is 2.25. The summed E-state index contributed by atoms with van der Waals surface area (Å²) in [6.07, 6.45) is 5.72. The zero-order valence-corrected chi connectivity index (χ0v) is 15.1. The lowest BCUT2D eigenvalue weighted by molar-refractivity contribution is 0.0256. The van der Waals surface area contributed by atoms with E-state index in [0.29, 0.717) is 6.04 Å². The minimum absolute atomic E-state index is 0.200. The van der Waals surface area contributed by atoms with Crippen LogP contribution in [-0.4, -0.2) is 45.5 Å². The number of hydrogen-bond acceptors (Lipinski definition) is 4. The molecule has 23 heavy (non-hydrogen) atoms. The average molecular weight is 322 g/mol. The van der Waals surface area contributed by atoms with Crippen LogP contribution in [0.1, 0.15) is 52.7 Å². The highest BCUT2D eigenvalue weighted by molar-refractivity contribution is 5.68. The largest absolute Gasteiger partial charge is 0.444 e. The van der Waals surface area contributed by atoms with Crippen LogP contribution in [0.25, 0.3) is 0 Å². The van der Waals surface area contributed by atoms with Gasteiger partial charge in [-0.05, 0) is 46.5 Å². The van der Waals surface area contributed by atoms with Gasteiger partial charge in [0.1, 0.15) is 5.60 Å². The third-order valence-corrected chi connectivity index (χ3v) is 3.98. The van der Waals surface area contributed by atoms with E-state index in [9.17, 15) is 4.79 Å². The molecular weight excluding hydrogens is 292 g/mol. The predicted octanol–water partition coefficient (Wildman–Crippen LogP) is 3.18. The fourth-order valence-corrected chi connectivity index (χ4v) is 2.89. The number of nitrogens with one attached hydrogen (secondary N) is 1. The van der Waals surface area contributed by atoms with E-state index in [1.807, 2.05) is 43.6 Å². The van der Waals surface area contributed by atoms with Crippen molar-refractivity contribution in [2.24, 2.45) is 7.05 Å². The Hall–Kier alpha value is -1.72. The second-order valence-electron chi connectivity index (χ2n) is 7.26. The lowest BCUT2D eigenvalue weighted by atomic mass is 10.1. The van der Waals surface area contributed by atoms with Crippen LogP contribution in [0.15, 0.2) is 6.20 Å². The van der Waals surface area contributed by atoms with Gasteiger partial charge >= 0.3 is 6.09 Å². The number of hydrogen-bond donors (Lipinski definition) is 1. The van der Waals surface area contributed by atoms with Crippen LogP contribution in [0.4, 0.5) is 10.5 Å². The Kier molecular flexibility index (Phi) is 5.55. The smallest absolute Gasteiger partial charge is 0.410 e. The van der Waals surface area contributed by atoms with Gasteiger partial charge < -0.3 is 15.0 Å². The average Bonchev–Trinajstić information content (AvgIpc) is 2.65. The van der Waals surface area contributed by atoms with Crippen molar-refractivity contribution in [3.63, 3.8) is 0 Å². The molecule has 0 saturated carbocycles. The molecule has 1 saturated heterocycles. The van der Waals surface area contributed by atoms with Crippen LogP contribution in [0.3, 0.4) is 0 Å². The molecule has 1 aromatic heterocycles. The molecule has 6 nitrogen and oxygen atoms in total. The normalized spacial score (nSPS) is 19.3. The van der Waals surface area contributed by atoms with E-state index in [2.05, 4.69) is 17.3 Å². The van der Waals surface area contributed by atoms with Crippen molar-refractivity contribution in [2.45, 2.75) is 65.0 Å². The number of aryl methyl sites for hydroxylation is 2. The van der Waals surface area contributed by atoms with Crippen LogP contribution in [-0.2, 0) is 18.2 Å². The van der Waals surface area contributed by atoms with Crippen molar-refractivity contribution in [1.82, 2.24) is 14.7 Å². The molecule has 130 valence electrons. The van der Waals surface area contributed by atoms with Crippen molar-refractivity contribution in [3.05, 3.63) is 11.9 Å². The molecule has 1 N–H and O–H groups in total. The minimum atomic E-state index is -0.438. The second-order valence-corrected chi connectivity index (χ2v) is 7.26. The third-order valence-electron chi connectivity index (χ3n) is 3.98. The number of carbonyl (C=O) groups is 1. The fraction of sp³-hybridized carbons (Fsp3) is 0.765. The summed E-state index contributed by atoms with van der Waals surface area (Å²) < 4.78 is 7.33. The van der Waals surface area contributed by atoms with E-state index in [1.54, 1.807) is 0 Å². The first-order valence-corrected chi connectivity index (χ1v) is 8.55. The maximum Gasteiger partial charge on any atom is 0.410 e. The van der Waals surface area contributed by atoms with E-state index in [-0.39, 0.29) is 6.09 Å². The van der Waals surface area contributed by atoms with Crippen LogP contribution in [0.5, 0.6) is 0 Å². The van der Waals surface area contributed by atoms with Gasteiger partial charge in [-0.2, -0.15) is 5.10 Å². The lowest BCUT2D eigenvalue weighted by Gasteiger charge is -2.26. The van der Waals surface area contributed by atoms with Gasteiger partial charge in [0, 0.05) is 32.4 Å². The van der Waals surface area contributed by atoms with Crippen LogP contribution in [0, 0.1) is 0 Å². The molecule has 0 spiro atoms. The Balaban J connectivity index is 1.92. The standard InChI is InChI=1S/C17H30N4O2/c1-6-14-15(12-20(5)19-14)18-13-8-7-10-21(11-9-13)16(22)23-17(2,3)4/h12-13,18H,6-11H2,1-5H3. The number of likely N-dealkylation sites (tertiary alicyclic amines) is 1. The van der Waals surface area contributed by atoms with Crippen LogP contribution in [0.2, 0.25) is 0 Å². The number of carbonyl (C=O) groups excluding carboxylic acids is 1. The predicted molar refractivity (Wildman–Crippen MR) is 91.7 cm³/mol. The summed E-state index contributed by atoms with van der Waals surface area (Å²) in [5, 5.41) is 8.08. The first-order valence-electron chi connectivity index (χ1n) is 8.55. The molecular formula is C17H30N4O2. The second kappa shape index (κ2) is 7.23. The van der Waals surface area contributed by atoms with Gasteiger partial charge in [-0.15, -0.1) is 0 Å². The third kappa shape index (κ3) is 5.15. The quantitative estimate of drug-likeness (QED) is 0.928. The highest BCUT2D eigenvalue weighted by Crippen LogP contribution is 2.21. The van der Waals surface area contributed by atoms with Crippen molar-refractivity contribution in [3.8, 4) is 0 Å². The van der Waals surface area contributed by atoms with E-state index in [1.165, 1.54) is 0 Å². The molecule has 2 rings (SSSR count). The van der Waals surface area contributed by atoms with Gasteiger partial charge in [0.2, 0.25) is 0 Å². The fourth-order valence-electron chi connectivity index (χ4n) is 2.89. The van der Waals surface area contributed by atoms with Gasteiger partial charge in [-0.1, -0.05) is 6.92 Å². The molecule has 0 aromatic carbocycles. The first kappa shape index (κ1) is 17.6. The number of rotatable bonds is 3. The molecule has 1 aliphatic heterocycles. The molecule has 1 unspecified atom stereocenters. The number of nitrogens with zero attached hydrogens (tertiary/aromatic N) is 3. The van der Waals surface area contributed by atoms with Crippen molar-refractivity contribution in [1.29, 1.82) is 0 Å². The Labute approximate surface area is 139 Å². The van der Waals surface area contributed by atoms with Gasteiger partial charge in [-0.25, -0.2) is 4.79 Å². The van der Waals surface area contributed by atoms with Crippen molar-refractivity contribution in [2.75, 3.05) is 18.4 Å². The van der Waals surface area contributed by atoms with Crippen LogP contribution >= 0.6 is 0 Å². The molecule has 1 amide bonds. The summed E-state index contributed by atoms with van der Waals surface area (Å²) in [6.45, 7) is 9.32. The molecule has 0 radical (unpaired) electrons. The molecule has 1 fully saturated rings. The zero-order chi connectivity index (χ0) is 17.0. The van der Waals surface area contributed by atoms with E-state index < -0.39 is 5.60 Å². The molecule has 0 bridgehead atoms. The van der Waals surface area contributed by atoms with Crippen molar-refractivity contribution < 1.29 is 9.53 Å². The minimum Gasteiger partial charge on any atom is -0.444 e. The Morgan fingerprint density at radius 2 is 2.13 bits per heavy atom. The summed E-state index contributed by atoms with van der Waals surface area (Å²) in [6, 6.07) is 0.372. The molecule has 1 aromatic rings. The maximum absolute atomic E-state index is 12.2. The summed E-state index contributed by atoms with van der Waals surface area (Å²) in [7, 11) is 1.95. The number of aromatic nitrogens is 2. The molecule has 1 aliphatic rings. The Morgan fingerprint density at radius 1 is 1.39 bits per heavy atom. The molecule has 1 atom stereocenters. The Bertz CT molecular complexity index is 533. The van der Waals surface area contributed by atoms with Gasteiger partial charge in [0.25, 0.3) is 0 Å². The van der Waals surface area contributed by atoms with E-state index >= 15 is 0 Å². The van der Waals surface area contributed by atoms with Gasteiger partial charge in [0.15, 0.2) is 0 Å². The van der Waals surface area contributed by atoms with E-state index in [4.69, 9.17) is 4.74 Å². The summed E-state index contributed by atoms with van der Waals surface area (Å²) in [5.41, 5.74) is 1.78. The van der Waals surface area contributed by atoms with E-state index in [0.717, 1.165) is 50.2 Å². The highest BCUT2D eigenvalue weighted by atomic mass is 16.6. The maximum atomic E-state index is 12.2. The monoisotopic (exact) mass is 322 g/mol. The van der Waals surface area contributed by atoms with Gasteiger partial charge in [-0.3, -0.25) is 4.68 Å². The number of amides is 1. The molecule has 6 heteroatoms. The van der Waals surface area contributed by atoms with Crippen molar-refractivity contribution >= 4 is 11.8 Å². The Morgan fingerprint density at radius 3 is 2.78 bits per heavy atom. The number of ether oxygens (including phenoxy) is 1. The zero-order valence-electron chi connectivity index (χ0n) is 15.1. The SMILES string of the molecule is CCc1nn(C)cc1NC1CCCN(C(=O)OC(C)(C)C)CC1. The lowest BCUT2D eigenvalue weighted by Crippen LogP contribution is -2.37.